The Morgan fingerprint density at radius 1 is 1.24 bits per heavy atom. The van der Waals surface area contributed by atoms with Gasteiger partial charge in [0, 0.05) is 5.92 Å². The van der Waals surface area contributed by atoms with E-state index >= 15 is 0 Å². The van der Waals surface area contributed by atoms with Crippen molar-refractivity contribution in [2.75, 3.05) is 7.11 Å². The number of aliphatic hydroxyl groups is 1. The molecule has 1 amide bonds. The first-order valence-electron chi connectivity index (χ1n) is 7.81. The van der Waals surface area contributed by atoms with Crippen LogP contribution in [0.5, 0.6) is 0 Å². The highest BCUT2D eigenvalue weighted by atomic mass is 16.5. The van der Waals surface area contributed by atoms with E-state index in [1.165, 1.54) is 13.5 Å². The number of rotatable bonds is 5. The van der Waals surface area contributed by atoms with Crippen LogP contribution >= 0.6 is 0 Å². The number of carbonyl (C=O) groups excluding carboxylic acids is 2. The third kappa shape index (κ3) is 6.04. The van der Waals surface area contributed by atoms with Gasteiger partial charge >= 0.3 is 5.97 Å². The van der Waals surface area contributed by atoms with Crippen LogP contribution in [0.3, 0.4) is 0 Å². The van der Waals surface area contributed by atoms with Crippen LogP contribution in [0, 0.1) is 11.3 Å². The molecule has 2 N–H and O–H groups in total. The fourth-order valence-corrected chi connectivity index (χ4v) is 2.85. The first-order chi connectivity index (χ1) is 9.74. The van der Waals surface area contributed by atoms with Gasteiger partial charge in [-0.05, 0) is 24.7 Å². The summed E-state index contributed by atoms with van der Waals surface area (Å²) in [4.78, 5) is 23.9. The molecule has 0 bridgehead atoms. The number of ether oxygens (including phenoxy) is 1. The molecule has 5 nitrogen and oxygen atoms in total. The Labute approximate surface area is 127 Å². The third-order valence-electron chi connectivity index (χ3n) is 3.96. The van der Waals surface area contributed by atoms with Crippen LogP contribution in [0.4, 0.5) is 0 Å². The van der Waals surface area contributed by atoms with Crippen LogP contribution in [0.1, 0.15) is 59.3 Å². The zero-order valence-electron chi connectivity index (χ0n) is 13.6. The van der Waals surface area contributed by atoms with Gasteiger partial charge in [-0.15, -0.1) is 0 Å². The summed E-state index contributed by atoms with van der Waals surface area (Å²) < 4.78 is 4.59. The van der Waals surface area contributed by atoms with E-state index in [9.17, 15) is 14.7 Å². The summed E-state index contributed by atoms with van der Waals surface area (Å²) >= 11 is 0. The summed E-state index contributed by atoms with van der Waals surface area (Å²) in [5.41, 5.74) is -0.112. The molecule has 0 aromatic heterocycles. The third-order valence-corrected chi connectivity index (χ3v) is 3.96. The van der Waals surface area contributed by atoms with Gasteiger partial charge in [-0.25, -0.2) is 4.79 Å². The van der Waals surface area contributed by atoms with Gasteiger partial charge in [0.15, 0.2) is 6.10 Å². The second-order valence-corrected chi connectivity index (χ2v) is 7.18. The quantitative estimate of drug-likeness (QED) is 0.762. The molecule has 5 heteroatoms. The van der Waals surface area contributed by atoms with Crippen molar-refractivity contribution < 1.29 is 19.4 Å². The van der Waals surface area contributed by atoms with Crippen molar-refractivity contribution in [2.24, 2.45) is 11.3 Å². The average molecular weight is 299 g/mol. The lowest BCUT2D eigenvalue weighted by molar-refractivity contribution is -0.153. The smallest absolute Gasteiger partial charge is 0.336 e. The van der Waals surface area contributed by atoms with Crippen molar-refractivity contribution in [3.8, 4) is 0 Å². The number of aliphatic hydroxyl groups excluding tert-OH is 1. The van der Waals surface area contributed by atoms with Crippen LogP contribution < -0.4 is 5.32 Å². The first kappa shape index (κ1) is 18.0. The van der Waals surface area contributed by atoms with Gasteiger partial charge in [-0.2, -0.15) is 0 Å². The van der Waals surface area contributed by atoms with E-state index in [0.717, 1.165) is 25.7 Å². The van der Waals surface area contributed by atoms with Gasteiger partial charge in [-0.3, -0.25) is 4.79 Å². The maximum atomic E-state index is 12.3. The molecular weight excluding hydrogens is 270 g/mol. The minimum absolute atomic E-state index is 0.00562. The van der Waals surface area contributed by atoms with Gasteiger partial charge in [0.1, 0.15) is 0 Å². The molecule has 1 fully saturated rings. The number of methoxy groups -OCH3 is 1. The average Bonchev–Trinajstić information content (AvgIpc) is 2.44. The van der Waals surface area contributed by atoms with Crippen molar-refractivity contribution in [2.45, 2.75) is 71.4 Å². The normalized spacial score (nSPS) is 19.7. The first-order valence-corrected chi connectivity index (χ1v) is 7.81. The van der Waals surface area contributed by atoms with Gasteiger partial charge in [-0.1, -0.05) is 40.0 Å². The van der Waals surface area contributed by atoms with Crippen molar-refractivity contribution in [1.82, 2.24) is 5.32 Å². The predicted octanol–water partition coefficient (Wildman–Crippen LogP) is 2.02. The summed E-state index contributed by atoms with van der Waals surface area (Å²) in [6, 6.07) is -0.605. The molecule has 0 aromatic carbocycles. The Bertz CT molecular complexity index is 356. The van der Waals surface area contributed by atoms with E-state index in [1.54, 1.807) is 0 Å². The fraction of sp³-hybridized carbons (Fsp3) is 0.875. The monoisotopic (exact) mass is 299 g/mol. The van der Waals surface area contributed by atoms with Gasteiger partial charge < -0.3 is 15.2 Å². The Kier molecular flexibility index (Phi) is 6.65. The van der Waals surface area contributed by atoms with E-state index in [-0.39, 0.29) is 17.2 Å². The van der Waals surface area contributed by atoms with Crippen LogP contribution in [0.25, 0.3) is 0 Å². The SMILES string of the molecule is COC(=O)C(O)C(CC(C)(C)C)NC(=O)C1CCCCC1. The van der Waals surface area contributed by atoms with Gasteiger partial charge in [0.2, 0.25) is 5.91 Å². The molecule has 2 atom stereocenters. The lowest BCUT2D eigenvalue weighted by Crippen LogP contribution is -2.50. The molecular formula is C16H29NO4. The number of hydrogen-bond acceptors (Lipinski definition) is 4. The molecule has 1 saturated carbocycles. The Balaban J connectivity index is 2.71. The Morgan fingerprint density at radius 2 is 1.81 bits per heavy atom. The van der Waals surface area contributed by atoms with Crippen LogP contribution in [0.15, 0.2) is 0 Å². The van der Waals surface area contributed by atoms with Crippen molar-refractivity contribution >= 4 is 11.9 Å². The molecule has 122 valence electrons. The Hall–Kier alpha value is -1.10. The second-order valence-electron chi connectivity index (χ2n) is 7.18. The number of hydrogen-bond donors (Lipinski definition) is 2. The molecule has 1 rings (SSSR count). The predicted molar refractivity (Wildman–Crippen MR) is 80.6 cm³/mol. The summed E-state index contributed by atoms with van der Waals surface area (Å²) in [7, 11) is 1.24. The number of esters is 1. The highest BCUT2D eigenvalue weighted by Gasteiger charge is 2.33. The van der Waals surface area contributed by atoms with Crippen LogP contribution in [-0.4, -0.2) is 36.2 Å². The van der Waals surface area contributed by atoms with E-state index in [4.69, 9.17) is 0 Å². The molecule has 0 spiro atoms. The molecule has 0 saturated heterocycles. The van der Waals surface area contributed by atoms with Crippen molar-refractivity contribution in [3.63, 3.8) is 0 Å². The van der Waals surface area contributed by atoms with E-state index in [2.05, 4.69) is 10.1 Å². The topological polar surface area (TPSA) is 75.6 Å². The standard InChI is InChI=1S/C16H29NO4/c1-16(2,3)10-12(13(18)15(20)21-4)17-14(19)11-8-6-5-7-9-11/h11-13,18H,5-10H2,1-4H3,(H,17,19). The summed E-state index contributed by atoms with van der Waals surface area (Å²) in [5, 5.41) is 13.0. The molecule has 0 heterocycles. The second kappa shape index (κ2) is 7.78. The number of nitrogens with one attached hydrogen (secondary N) is 1. The maximum absolute atomic E-state index is 12.3. The summed E-state index contributed by atoms with van der Waals surface area (Å²) in [6.07, 6.45) is 4.30. The van der Waals surface area contributed by atoms with Gasteiger partial charge in [0.05, 0.1) is 13.2 Å². The molecule has 0 radical (unpaired) electrons. The molecule has 1 aliphatic rings. The minimum atomic E-state index is -1.32. The van der Waals surface area contributed by atoms with Crippen molar-refractivity contribution in [3.05, 3.63) is 0 Å². The highest BCUT2D eigenvalue weighted by molar-refractivity contribution is 5.81. The largest absolute Gasteiger partial charge is 0.467 e. The molecule has 0 aliphatic heterocycles. The summed E-state index contributed by atoms with van der Waals surface area (Å²) in [6.45, 7) is 6.03. The van der Waals surface area contributed by atoms with E-state index in [1.807, 2.05) is 20.8 Å². The minimum Gasteiger partial charge on any atom is -0.467 e. The molecule has 1 aliphatic carbocycles. The molecule has 2 unspecified atom stereocenters. The van der Waals surface area contributed by atoms with Gasteiger partial charge in [0.25, 0.3) is 0 Å². The fourth-order valence-electron chi connectivity index (χ4n) is 2.85. The van der Waals surface area contributed by atoms with Crippen LogP contribution in [0.2, 0.25) is 0 Å². The Morgan fingerprint density at radius 3 is 2.29 bits per heavy atom. The lowest BCUT2D eigenvalue weighted by Gasteiger charge is -2.31. The summed E-state index contributed by atoms with van der Waals surface area (Å²) in [5.74, 6) is -0.744. The van der Waals surface area contributed by atoms with E-state index in [0.29, 0.717) is 6.42 Å². The number of amides is 1. The van der Waals surface area contributed by atoms with Crippen LogP contribution in [-0.2, 0) is 14.3 Å². The molecule has 21 heavy (non-hydrogen) atoms. The molecule has 0 aromatic rings. The highest BCUT2D eigenvalue weighted by Crippen LogP contribution is 2.26. The number of carbonyl (C=O) groups is 2. The van der Waals surface area contributed by atoms with Crippen molar-refractivity contribution in [1.29, 1.82) is 0 Å². The maximum Gasteiger partial charge on any atom is 0.336 e. The zero-order valence-corrected chi connectivity index (χ0v) is 13.6. The van der Waals surface area contributed by atoms with E-state index < -0.39 is 18.1 Å². The lowest BCUT2D eigenvalue weighted by atomic mass is 9.84. The zero-order chi connectivity index (χ0) is 16.0.